The van der Waals surface area contributed by atoms with Gasteiger partial charge in [0.2, 0.25) is 0 Å². The van der Waals surface area contributed by atoms with Crippen LogP contribution in [-0.4, -0.2) is 10.7 Å². The van der Waals surface area contributed by atoms with Gasteiger partial charge in [-0.25, -0.2) is 4.99 Å². The summed E-state index contributed by atoms with van der Waals surface area (Å²) in [5.74, 6) is 0. The standard InChI is InChI=1S/C19H13Br2N3/c20-14-5-1-12(2-6-14)18-19(13-3-7-15(21)8-4-13)24-17-11-22-10-9-16(17)23-18/h1-11,18,23H. The van der Waals surface area contributed by atoms with Crippen molar-refractivity contribution in [3.8, 4) is 0 Å². The van der Waals surface area contributed by atoms with Gasteiger partial charge in [0, 0.05) is 15.1 Å². The Morgan fingerprint density at radius 2 is 1.50 bits per heavy atom. The molecule has 2 aromatic carbocycles. The zero-order valence-electron chi connectivity index (χ0n) is 12.6. The maximum absolute atomic E-state index is 4.89. The summed E-state index contributed by atoms with van der Waals surface area (Å²) in [4.78, 5) is 9.08. The molecule has 0 radical (unpaired) electrons. The largest absolute Gasteiger partial charge is 0.371 e. The molecule has 0 aliphatic carbocycles. The molecule has 4 rings (SSSR count). The molecule has 2 heterocycles. The lowest BCUT2D eigenvalue weighted by molar-refractivity contribution is 1.01. The third kappa shape index (κ3) is 3.01. The molecule has 1 aliphatic heterocycles. The molecule has 0 amide bonds. The monoisotopic (exact) mass is 441 g/mol. The zero-order chi connectivity index (χ0) is 16.5. The zero-order valence-corrected chi connectivity index (χ0v) is 15.8. The Balaban J connectivity index is 1.85. The summed E-state index contributed by atoms with van der Waals surface area (Å²) in [6.45, 7) is 0. The molecule has 3 nitrogen and oxygen atoms in total. The van der Waals surface area contributed by atoms with E-state index in [4.69, 9.17) is 4.99 Å². The number of aromatic nitrogens is 1. The van der Waals surface area contributed by atoms with Crippen LogP contribution in [0.4, 0.5) is 11.4 Å². The van der Waals surface area contributed by atoms with Gasteiger partial charge < -0.3 is 5.32 Å². The number of hydrogen-bond acceptors (Lipinski definition) is 3. The number of fused-ring (bicyclic) bond motifs is 1. The maximum atomic E-state index is 4.89. The lowest BCUT2D eigenvalue weighted by Gasteiger charge is -2.27. The van der Waals surface area contributed by atoms with Gasteiger partial charge in [0.05, 0.1) is 23.6 Å². The van der Waals surface area contributed by atoms with Gasteiger partial charge in [0.25, 0.3) is 0 Å². The average molecular weight is 443 g/mol. The van der Waals surface area contributed by atoms with Crippen molar-refractivity contribution in [2.45, 2.75) is 6.04 Å². The number of hydrogen-bond donors (Lipinski definition) is 1. The molecular formula is C19H13Br2N3. The molecule has 118 valence electrons. The predicted octanol–water partition coefficient (Wildman–Crippen LogP) is 5.89. The first kappa shape index (κ1) is 15.5. The van der Waals surface area contributed by atoms with Crippen LogP contribution in [0.5, 0.6) is 0 Å². The van der Waals surface area contributed by atoms with Crippen molar-refractivity contribution in [3.63, 3.8) is 0 Å². The molecule has 0 saturated heterocycles. The lowest BCUT2D eigenvalue weighted by Crippen LogP contribution is -2.25. The minimum atomic E-state index is -0.00539. The number of halogens is 2. The number of anilines is 1. The van der Waals surface area contributed by atoms with Crippen LogP contribution < -0.4 is 5.32 Å². The highest BCUT2D eigenvalue weighted by atomic mass is 79.9. The van der Waals surface area contributed by atoms with Gasteiger partial charge in [-0.2, -0.15) is 0 Å². The Morgan fingerprint density at radius 3 is 2.21 bits per heavy atom. The number of benzene rings is 2. The van der Waals surface area contributed by atoms with Crippen LogP contribution in [0.25, 0.3) is 0 Å². The van der Waals surface area contributed by atoms with E-state index in [1.165, 1.54) is 5.56 Å². The molecule has 24 heavy (non-hydrogen) atoms. The minimum absolute atomic E-state index is 0.00539. The number of rotatable bonds is 2. The summed E-state index contributed by atoms with van der Waals surface area (Å²) < 4.78 is 2.12. The van der Waals surface area contributed by atoms with E-state index in [2.05, 4.69) is 78.6 Å². The SMILES string of the molecule is Brc1ccc(C2=Nc3cnccc3NC2c2ccc(Br)cc2)cc1. The fraction of sp³-hybridized carbons (Fsp3) is 0.0526. The van der Waals surface area contributed by atoms with Crippen molar-refractivity contribution in [1.29, 1.82) is 0 Å². The molecule has 0 fully saturated rings. The summed E-state index contributed by atoms with van der Waals surface area (Å²) in [6.07, 6.45) is 3.57. The molecule has 1 aromatic heterocycles. The van der Waals surface area contributed by atoms with E-state index in [0.717, 1.165) is 31.6 Å². The summed E-state index contributed by atoms with van der Waals surface area (Å²) in [5, 5.41) is 3.60. The molecule has 0 bridgehead atoms. The van der Waals surface area contributed by atoms with Crippen LogP contribution in [0, 0.1) is 0 Å². The molecule has 5 heteroatoms. The smallest absolute Gasteiger partial charge is 0.105 e. The molecular weight excluding hydrogens is 430 g/mol. The van der Waals surface area contributed by atoms with E-state index in [1.54, 1.807) is 12.4 Å². The van der Waals surface area contributed by atoms with Gasteiger partial charge >= 0.3 is 0 Å². The minimum Gasteiger partial charge on any atom is -0.371 e. The van der Waals surface area contributed by atoms with Gasteiger partial charge in [-0.15, -0.1) is 0 Å². The van der Waals surface area contributed by atoms with Crippen LogP contribution in [0.3, 0.4) is 0 Å². The first-order valence-electron chi connectivity index (χ1n) is 7.51. The van der Waals surface area contributed by atoms with Crippen molar-refractivity contribution >= 4 is 48.9 Å². The first-order chi connectivity index (χ1) is 11.7. The van der Waals surface area contributed by atoms with Crippen molar-refractivity contribution < 1.29 is 0 Å². The second-order valence-corrected chi connectivity index (χ2v) is 7.36. The van der Waals surface area contributed by atoms with Crippen molar-refractivity contribution in [1.82, 2.24) is 4.98 Å². The second kappa shape index (κ2) is 6.49. The highest BCUT2D eigenvalue weighted by Gasteiger charge is 2.25. The number of nitrogens with zero attached hydrogens (tertiary/aromatic N) is 2. The predicted molar refractivity (Wildman–Crippen MR) is 105 cm³/mol. The van der Waals surface area contributed by atoms with Crippen LogP contribution >= 0.6 is 31.9 Å². The van der Waals surface area contributed by atoms with Crippen molar-refractivity contribution in [2.24, 2.45) is 4.99 Å². The van der Waals surface area contributed by atoms with Crippen LogP contribution in [0.2, 0.25) is 0 Å². The number of pyridine rings is 1. The lowest BCUT2D eigenvalue weighted by atomic mass is 9.94. The third-order valence-electron chi connectivity index (χ3n) is 3.96. The molecule has 0 saturated carbocycles. The molecule has 3 aromatic rings. The van der Waals surface area contributed by atoms with E-state index in [1.807, 2.05) is 18.2 Å². The maximum Gasteiger partial charge on any atom is 0.105 e. The van der Waals surface area contributed by atoms with Crippen LogP contribution in [-0.2, 0) is 0 Å². The molecule has 0 spiro atoms. The van der Waals surface area contributed by atoms with Gasteiger partial charge in [0.1, 0.15) is 5.69 Å². The topological polar surface area (TPSA) is 37.3 Å². The molecule has 1 unspecified atom stereocenters. The Kier molecular flexibility index (Phi) is 4.21. The average Bonchev–Trinajstić information content (AvgIpc) is 2.62. The summed E-state index contributed by atoms with van der Waals surface area (Å²) in [6, 6.07) is 18.5. The third-order valence-corrected chi connectivity index (χ3v) is 5.01. The van der Waals surface area contributed by atoms with E-state index in [0.29, 0.717) is 0 Å². The summed E-state index contributed by atoms with van der Waals surface area (Å²) in [5.41, 5.74) is 5.11. The van der Waals surface area contributed by atoms with E-state index < -0.39 is 0 Å². The van der Waals surface area contributed by atoms with Crippen LogP contribution in [0.1, 0.15) is 17.2 Å². The van der Waals surface area contributed by atoms with E-state index in [-0.39, 0.29) is 6.04 Å². The second-order valence-electron chi connectivity index (χ2n) is 5.53. The summed E-state index contributed by atoms with van der Waals surface area (Å²) in [7, 11) is 0. The fourth-order valence-electron chi connectivity index (χ4n) is 2.76. The highest BCUT2D eigenvalue weighted by molar-refractivity contribution is 9.10. The quantitative estimate of drug-likeness (QED) is 0.536. The highest BCUT2D eigenvalue weighted by Crippen LogP contribution is 2.36. The normalized spacial score (nSPS) is 16.1. The Morgan fingerprint density at radius 1 is 0.833 bits per heavy atom. The fourth-order valence-corrected chi connectivity index (χ4v) is 3.29. The van der Waals surface area contributed by atoms with Gasteiger partial charge in [0.15, 0.2) is 0 Å². The van der Waals surface area contributed by atoms with E-state index >= 15 is 0 Å². The van der Waals surface area contributed by atoms with Gasteiger partial charge in [-0.05, 0) is 41.5 Å². The number of nitrogens with one attached hydrogen (secondary N) is 1. The Hall–Kier alpha value is -1.98. The van der Waals surface area contributed by atoms with E-state index in [9.17, 15) is 0 Å². The summed E-state index contributed by atoms with van der Waals surface area (Å²) >= 11 is 6.99. The molecule has 1 atom stereocenters. The molecule has 1 aliphatic rings. The van der Waals surface area contributed by atoms with Gasteiger partial charge in [-0.1, -0.05) is 56.1 Å². The van der Waals surface area contributed by atoms with Crippen LogP contribution in [0.15, 0.2) is 80.9 Å². The molecule has 1 N–H and O–H groups in total. The first-order valence-corrected chi connectivity index (χ1v) is 9.10. The number of aliphatic imine (C=N–C) groups is 1. The van der Waals surface area contributed by atoms with Crippen molar-refractivity contribution in [3.05, 3.63) is 87.1 Å². The van der Waals surface area contributed by atoms with Gasteiger partial charge in [-0.3, -0.25) is 4.98 Å². The Bertz CT molecular complexity index is 903. The van der Waals surface area contributed by atoms with Crippen molar-refractivity contribution in [2.75, 3.05) is 5.32 Å². The Labute approximate surface area is 157 Å².